The predicted octanol–water partition coefficient (Wildman–Crippen LogP) is 2.62. The molecule has 19 heavy (non-hydrogen) atoms. The van der Waals surface area contributed by atoms with Crippen LogP contribution < -0.4 is 10.1 Å². The largest absolute Gasteiger partial charge is 0.490 e. The molecule has 2 heterocycles. The fourth-order valence-electron chi connectivity index (χ4n) is 2.62. The van der Waals surface area contributed by atoms with Crippen LogP contribution in [0.1, 0.15) is 24.8 Å². The average Bonchev–Trinajstić information content (AvgIpc) is 2.50. The van der Waals surface area contributed by atoms with E-state index in [1.807, 2.05) is 0 Å². The molecule has 0 saturated carbocycles. The molecule has 0 atom stereocenters. The Morgan fingerprint density at radius 1 is 1.11 bits per heavy atom. The molecule has 0 bridgehead atoms. The van der Waals surface area contributed by atoms with Crippen molar-refractivity contribution in [3.05, 3.63) is 35.9 Å². The number of nitrogens with one attached hydrogen (secondary N) is 1. The third kappa shape index (κ3) is 3.37. The second-order valence-electron chi connectivity index (χ2n) is 5.14. The maximum atomic E-state index is 5.99. The van der Waals surface area contributed by atoms with Crippen molar-refractivity contribution < 1.29 is 9.47 Å². The smallest absolute Gasteiger partial charge is 0.119 e. The van der Waals surface area contributed by atoms with Gasteiger partial charge in [-0.15, -0.1) is 0 Å². The van der Waals surface area contributed by atoms with Crippen molar-refractivity contribution >= 4 is 5.57 Å². The molecule has 3 rings (SSSR count). The molecule has 1 saturated heterocycles. The summed E-state index contributed by atoms with van der Waals surface area (Å²) >= 11 is 0. The van der Waals surface area contributed by atoms with Gasteiger partial charge in [0.05, 0.1) is 13.2 Å². The molecule has 0 unspecified atom stereocenters. The van der Waals surface area contributed by atoms with Crippen LogP contribution in [-0.2, 0) is 4.74 Å². The highest BCUT2D eigenvalue weighted by Crippen LogP contribution is 2.24. The molecular formula is C16H21NO2. The summed E-state index contributed by atoms with van der Waals surface area (Å²) in [5, 5.41) is 3.34. The van der Waals surface area contributed by atoms with Crippen LogP contribution in [0.3, 0.4) is 0 Å². The molecule has 3 nitrogen and oxygen atoms in total. The number of rotatable bonds is 3. The van der Waals surface area contributed by atoms with Crippen LogP contribution in [0.5, 0.6) is 5.75 Å². The topological polar surface area (TPSA) is 30.5 Å². The lowest BCUT2D eigenvalue weighted by atomic mass is 10.0. The van der Waals surface area contributed by atoms with Crippen molar-refractivity contribution in [2.45, 2.75) is 25.4 Å². The van der Waals surface area contributed by atoms with Crippen LogP contribution in [0, 0.1) is 0 Å². The predicted molar refractivity (Wildman–Crippen MR) is 76.4 cm³/mol. The minimum absolute atomic E-state index is 0.317. The number of hydrogen-bond acceptors (Lipinski definition) is 3. The van der Waals surface area contributed by atoms with Gasteiger partial charge in [-0.3, -0.25) is 0 Å². The second kappa shape index (κ2) is 6.22. The van der Waals surface area contributed by atoms with Crippen LogP contribution in [0.2, 0.25) is 0 Å². The van der Waals surface area contributed by atoms with E-state index in [-0.39, 0.29) is 0 Å². The molecule has 1 aromatic rings. The maximum Gasteiger partial charge on any atom is 0.119 e. The Kier molecular flexibility index (Phi) is 4.16. The molecule has 1 aromatic carbocycles. The fraction of sp³-hybridized carbons (Fsp3) is 0.500. The summed E-state index contributed by atoms with van der Waals surface area (Å²) in [6.45, 7) is 3.70. The summed E-state index contributed by atoms with van der Waals surface area (Å²) in [5.74, 6) is 0.977. The molecule has 0 aliphatic carbocycles. The van der Waals surface area contributed by atoms with Crippen molar-refractivity contribution in [1.29, 1.82) is 0 Å². The summed E-state index contributed by atoms with van der Waals surface area (Å²) in [6, 6.07) is 8.53. The van der Waals surface area contributed by atoms with E-state index in [0.717, 1.165) is 51.3 Å². The summed E-state index contributed by atoms with van der Waals surface area (Å²) in [7, 11) is 0. The molecule has 0 aromatic heterocycles. The zero-order chi connectivity index (χ0) is 12.9. The molecule has 0 amide bonds. The summed E-state index contributed by atoms with van der Waals surface area (Å²) in [4.78, 5) is 0. The first-order valence-corrected chi connectivity index (χ1v) is 7.16. The molecule has 1 fully saturated rings. The zero-order valence-electron chi connectivity index (χ0n) is 11.2. The summed E-state index contributed by atoms with van der Waals surface area (Å²) in [6.07, 6.45) is 5.70. The van der Waals surface area contributed by atoms with Gasteiger partial charge in [0.15, 0.2) is 0 Å². The Bertz CT molecular complexity index is 433. The molecule has 3 heteroatoms. The van der Waals surface area contributed by atoms with E-state index in [0.29, 0.717) is 6.10 Å². The van der Waals surface area contributed by atoms with E-state index in [2.05, 4.69) is 35.7 Å². The third-order valence-corrected chi connectivity index (χ3v) is 3.76. The Morgan fingerprint density at radius 2 is 1.89 bits per heavy atom. The lowest BCUT2D eigenvalue weighted by Gasteiger charge is -2.23. The molecule has 2 aliphatic rings. The second-order valence-corrected chi connectivity index (χ2v) is 5.14. The lowest BCUT2D eigenvalue weighted by Crippen LogP contribution is -2.25. The van der Waals surface area contributed by atoms with Gasteiger partial charge in [-0.2, -0.15) is 0 Å². The van der Waals surface area contributed by atoms with Crippen LogP contribution in [-0.4, -0.2) is 32.4 Å². The van der Waals surface area contributed by atoms with E-state index in [9.17, 15) is 0 Å². The van der Waals surface area contributed by atoms with E-state index in [1.54, 1.807) is 0 Å². The van der Waals surface area contributed by atoms with Crippen LogP contribution in [0.15, 0.2) is 30.3 Å². The maximum absolute atomic E-state index is 5.99. The SMILES string of the molecule is C1=C(c2ccc(OC3CCOCC3)cc2)CCNC1. The fourth-order valence-corrected chi connectivity index (χ4v) is 2.62. The van der Waals surface area contributed by atoms with Gasteiger partial charge in [0.2, 0.25) is 0 Å². The van der Waals surface area contributed by atoms with Crippen molar-refractivity contribution in [1.82, 2.24) is 5.32 Å². The highest BCUT2D eigenvalue weighted by molar-refractivity contribution is 5.67. The molecule has 0 spiro atoms. The highest BCUT2D eigenvalue weighted by atomic mass is 16.5. The van der Waals surface area contributed by atoms with Gasteiger partial charge < -0.3 is 14.8 Å². The van der Waals surface area contributed by atoms with E-state index >= 15 is 0 Å². The van der Waals surface area contributed by atoms with Gasteiger partial charge in [0.25, 0.3) is 0 Å². The Labute approximate surface area is 114 Å². The van der Waals surface area contributed by atoms with Gasteiger partial charge in [-0.05, 0) is 36.2 Å². The summed E-state index contributed by atoms with van der Waals surface area (Å²) in [5.41, 5.74) is 2.76. The summed E-state index contributed by atoms with van der Waals surface area (Å²) < 4.78 is 11.3. The molecule has 0 radical (unpaired) electrons. The van der Waals surface area contributed by atoms with Crippen molar-refractivity contribution in [3.8, 4) is 5.75 Å². The van der Waals surface area contributed by atoms with E-state index in [4.69, 9.17) is 9.47 Å². The third-order valence-electron chi connectivity index (χ3n) is 3.76. The molecule has 102 valence electrons. The molecule has 2 aliphatic heterocycles. The quantitative estimate of drug-likeness (QED) is 0.905. The Morgan fingerprint density at radius 3 is 2.58 bits per heavy atom. The lowest BCUT2D eigenvalue weighted by molar-refractivity contribution is 0.0256. The van der Waals surface area contributed by atoms with Crippen molar-refractivity contribution in [2.24, 2.45) is 0 Å². The number of hydrogen-bond donors (Lipinski definition) is 1. The van der Waals surface area contributed by atoms with Crippen LogP contribution in [0.4, 0.5) is 0 Å². The van der Waals surface area contributed by atoms with Gasteiger partial charge >= 0.3 is 0 Å². The minimum Gasteiger partial charge on any atom is -0.490 e. The van der Waals surface area contributed by atoms with E-state index in [1.165, 1.54) is 11.1 Å². The van der Waals surface area contributed by atoms with Crippen molar-refractivity contribution in [3.63, 3.8) is 0 Å². The minimum atomic E-state index is 0.317. The van der Waals surface area contributed by atoms with Gasteiger partial charge in [-0.1, -0.05) is 18.2 Å². The first-order valence-electron chi connectivity index (χ1n) is 7.16. The van der Waals surface area contributed by atoms with Gasteiger partial charge in [0, 0.05) is 19.4 Å². The highest BCUT2D eigenvalue weighted by Gasteiger charge is 2.15. The Balaban J connectivity index is 1.63. The standard InChI is InChI=1S/C16H21NO2/c1-3-15(19-16-7-11-18-12-8-16)4-2-13(1)14-5-9-17-10-6-14/h1-5,16-17H,6-12H2. The first-order chi connectivity index (χ1) is 9.42. The van der Waals surface area contributed by atoms with E-state index < -0.39 is 0 Å². The number of ether oxygens (including phenoxy) is 2. The zero-order valence-corrected chi connectivity index (χ0v) is 11.2. The molecule has 1 N–H and O–H groups in total. The first kappa shape index (κ1) is 12.7. The average molecular weight is 259 g/mol. The number of benzene rings is 1. The van der Waals surface area contributed by atoms with Crippen molar-refractivity contribution in [2.75, 3.05) is 26.3 Å². The normalized spacial score (nSPS) is 20.9. The Hall–Kier alpha value is -1.32. The van der Waals surface area contributed by atoms with Crippen LogP contribution >= 0.6 is 0 Å². The van der Waals surface area contributed by atoms with Gasteiger partial charge in [-0.25, -0.2) is 0 Å². The molecular weight excluding hydrogens is 238 g/mol. The van der Waals surface area contributed by atoms with Crippen LogP contribution in [0.25, 0.3) is 5.57 Å². The monoisotopic (exact) mass is 259 g/mol. The van der Waals surface area contributed by atoms with Gasteiger partial charge in [0.1, 0.15) is 11.9 Å².